The van der Waals surface area contributed by atoms with E-state index >= 15 is 0 Å². The lowest BCUT2D eigenvalue weighted by atomic mass is 9.79. The van der Waals surface area contributed by atoms with E-state index in [0.29, 0.717) is 11.8 Å². The molecule has 21 heavy (non-hydrogen) atoms. The minimum Gasteiger partial charge on any atom is -0.339 e. The molecule has 0 aromatic carbocycles. The van der Waals surface area contributed by atoms with Crippen molar-refractivity contribution in [2.75, 3.05) is 6.54 Å². The highest BCUT2D eigenvalue weighted by Gasteiger charge is 2.30. The Morgan fingerprint density at radius 1 is 1.05 bits per heavy atom. The minimum atomic E-state index is 0.393. The fourth-order valence-electron chi connectivity index (χ4n) is 3.72. The van der Waals surface area contributed by atoms with Gasteiger partial charge >= 0.3 is 0 Å². The number of hydrogen-bond acceptors (Lipinski definition) is 5. The van der Waals surface area contributed by atoms with E-state index in [4.69, 9.17) is 10.3 Å². The molecule has 1 aromatic heterocycles. The van der Waals surface area contributed by atoms with E-state index in [0.717, 1.165) is 35.7 Å². The van der Waals surface area contributed by atoms with Gasteiger partial charge in [-0.25, -0.2) is 0 Å². The van der Waals surface area contributed by atoms with Gasteiger partial charge in [-0.05, 0) is 38.1 Å². The molecule has 0 bridgehead atoms. The van der Waals surface area contributed by atoms with Crippen LogP contribution in [0.15, 0.2) is 4.52 Å². The second-order valence-electron chi connectivity index (χ2n) is 6.51. The van der Waals surface area contributed by atoms with Gasteiger partial charge in [0.25, 0.3) is 0 Å². The maximum absolute atomic E-state index is 5.90. The highest BCUT2D eigenvalue weighted by molar-refractivity contribution is 7.99. The molecule has 5 heteroatoms. The fraction of sp³-hybridized carbons (Fsp3) is 0.875. The average Bonchev–Trinajstić information content (AvgIpc) is 3.02. The highest BCUT2D eigenvalue weighted by atomic mass is 32.2. The lowest BCUT2D eigenvalue weighted by Crippen LogP contribution is -2.25. The van der Waals surface area contributed by atoms with Gasteiger partial charge in [-0.15, -0.1) is 0 Å². The third-order valence-corrected chi connectivity index (χ3v) is 6.38. The summed E-state index contributed by atoms with van der Waals surface area (Å²) >= 11 is 2.01. The third-order valence-electron chi connectivity index (χ3n) is 5.01. The van der Waals surface area contributed by atoms with E-state index in [1.807, 2.05) is 11.8 Å². The Kier molecular flexibility index (Phi) is 5.58. The Morgan fingerprint density at radius 3 is 2.62 bits per heavy atom. The standard InChI is InChI=1S/C16H27N3OS/c17-10-12-6-4-5-9-14(12)16-18-15(19-20-16)11-21-13-7-2-1-3-8-13/h12-14H,1-11,17H2. The molecule has 4 nitrogen and oxygen atoms in total. The Bertz CT molecular complexity index is 431. The van der Waals surface area contributed by atoms with Crippen LogP contribution in [0.1, 0.15) is 75.4 Å². The van der Waals surface area contributed by atoms with E-state index in [-0.39, 0.29) is 0 Å². The Balaban J connectivity index is 1.55. The van der Waals surface area contributed by atoms with E-state index in [1.54, 1.807) is 0 Å². The van der Waals surface area contributed by atoms with Gasteiger partial charge in [0.1, 0.15) is 0 Å². The van der Waals surface area contributed by atoms with E-state index in [2.05, 4.69) is 10.1 Å². The van der Waals surface area contributed by atoms with Crippen LogP contribution in [0.4, 0.5) is 0 Å². The van der Waals surface area contributed by atoms with Gasteiger partial charge < -0.3 is 10.3 Å². The molecule has 0 saturated heterocycles. The van der Waals surface area contributed by atoms with Crippen LogP contribution in [-0.2, 0) is 5.75 Å². The van der Waals surface area contributed by atoms with Crippen molar-refractivity contribution in [3.63, 3.8) is 0 Å². The number of nitrogens with two attached hydrogens (primary N) is 1. The number of nitrogens with zero attached hydrogens (tertiary/aromatic N) is 2. The molecule has 2 fully saturated rings. The second-order valence-corrected chi connectivity index (χ2v) is 7.80. The molecule has 1 aromatic rings. The van der Waals surface area contributed by atoms with Gasteiger partial charge in [-0.2, -0.15) is 16.7 Å². The van der Waals surface area contributed by atoms with Gasteiger partial charge in [0, 0.05) is 11.2 Å². The summed E-state index contributed by atoms with van der Waals surface area (Å²) in [6.07, 6.45) is 11.8. The quantitative estimate of drug-likeness (QED) is 0.894. The van der Waals surface area contributed by atoms with Gasteiger partial charge in [-0.3, -0.25) is 0 Å². The molecule has 118 valence electrons. The summed E-state index contributed by atoms with van der Waals surface area (Å²) in [5, 5.41) is 5.00. The predicted molar refractivity (Wildman–Crippen MR) is 86.2 cm³/mol. The summed E-state index contributed by atoms with van der Waals surface area (Å²) in [6, 6.07) is 0. The van der Waals surface area contributed by atoms with Gasteiger partial charge in [0.15, 0.2) is 5.82 Å². The molecule has 0 spiro atoms. The molecule has 0 radical (unpaired) electrons. The smallest absolute Gasteiger partial charge is 0.230 e. The summed E-state index contributed by atoms with van der Waals surface area (Å²) in [6.45, 7) is 0.735. The highest BCUT2D eigenvalue weighted by Crippen LogP contribution is 2.37. The van der Waals surface area contributed by atoms with E-state index in [9.17, 15) is 0 Å². The molecular formula is C16H27N3OS. The van der Waals surface area contributed by atoms with Gasteiger partial charge in [0.2, 0.25) is 5.89 Å². The lowest BCUT2D eigenvalue weighted by molar-refractivity contribution is 0.249. The first kappa shape index (κ1) is 15.3. The van der Waals surface area contributed by atoms with Crippen molar-refractivity contribution in [2.45, 2.75) is 74.7 Å². The summed E-state index contributed by atoms with van der Waals surface area (Å²) < 4.78 is 5.55. The van der Waals surface area contributed by atoms with Crippen LogP contribution in [0.5, 0.6) is 0 Å². The predicted octanol–water partition coefficient (Wildman–Crippen LogP) is 3.87. The van der Waals surface area contributed by atoms with E-state index in [1.165, 1.54) is 51.4 Å². The van der Waals surface area contributed by atoms with Crippen molar-refractivity contribution in [3.8, 4) is 0 Å². The van der Waals surface area contributed by atoms with Crippen LogP contribution < -0.4 is 5.73 Å². The second kappa shape index (κ2) is 7.63. The molecule has 3 rings (SSSR count). The zero-order chi connectivity index (χ0) is 14.5. The van der Waals surface area contributed by atoms with Crippen molar-refractivity contribution in [3.05, 3.63) is 11.7 Å². The third kappa shape index (κ3) is 4.01. The maximum atomic E-state index is 5.90. The Labute approximate surface area is 131 Å². The molecule has 0 aliphatic heterocycles. The zero-order valence-electron chi connectivity index (χ0n) is 12.8. The number of aromatic nitrogens is 2. The topological polar surface area (TPSA) is 64.9 Å². The summed E-state index contributed by atoms with van der Waals surface area (Å²) in [5.41, 5.74) is 5.90. The van der Waals surface area contributed by atoms with Crippen LogP contribution in [-0.4, -0.2) is 21.9 Å². The molecule has 2 aliphatic rings. The minimum absolute atomic E-state index is 0.393. The molecular weight excluding hydrogens is 282 g/mol. The van der Waals surface area contributed by atoms with Crippen LogP contribution in [0.2, 0.25) is 0 Å². The molecule has 1 heterocycles. The first-order valence-corrected chi connectivity index (χ1v) is 9.56. The summed E-state index contributed by atoms with van der Waals surface area (Å²) in [5.74, 6) is 3.53. The number of rotatable bonds is 5. The van der Waals surface area contributed by atoms with Crippen molar-refractivity contribution >= 4 is 11.8 Å². The number of hydrogen-bond donors (Lipinski definition) is 1. The number of thioether (sulfide) groups is 1. The normalized spacial score (nSPS) is 27.9. The molecule has 2 atom stereocenters. The first-order valence-electron chi connectivity index (χ1n) is 8.51. The van der Waals surface area contributed by atoms with Gasteiger partial charge in [0.05, 0.1) is 5.75 Å². The molecule has 2 aliphatic carbocycles. The van der Waals surface area contributed by atoms with Crippen molar-refractivity contribution < 1.29 is 4.52 Å². The molecule has 2 N–H and O–H groups in total. The Morgan fingerprint density at radius 2 is 1.81 bits per heavy atom. The van der Waals surface area contributed by atoms with Gasteiger partial charge in [-0.1, -0.05) is 37.3 Å². The lowest BCUT2D eigenvalue weighted by Gasteiger charge is -2.27. The fourth-order valence-corrected chi connectivity index (χ4v) is 4.88. The zero-order valence-corrected chi connectivity index (χ0v) is 13.6. The first-order chi connectivity index (χ1) is 10.4. The van der Waals surface area contributed by atoms with E-state index < -0.39 is 0 Å². The summed E-state index contributed by atoms with van der Waals surface area (Å²) in [4.78, 5) is 4.66. The molecule has 2 unspecified atom stereocenters. The largest absolute Gasteiger partial charge is 0.339 e. The monoisotopic (exact) mass is 309 g/mol. The maximum Gasteiger partial charge on any atom is 0.230 e. The summed E-state index contributed by atoms with van der Waals surface area (Å²) in [7, 11) is 0. The molecule has 2 saturated carbocycles. The van der Waals surface area contributed by atoms with Crippen LogP contribution in [0.25, 0.3) is 0 Å². The van der Waals surface area contributed by atoms with Crippen molar-refractivity contribution in [1.82, 2.24) is 10.1 Å². The Hall–Kier alpha value is -0.550. The van der Waals surface area contributed by atoms with Crippen LogP contribution in [0.3, 0.4) is 0 Å². The average molecular weight is 309 g/mol. The SMILES string of the molecule is NCC1CCCCC1c1nc(CSC2CCCCC2)no1. The van der Waals surface area contributed by atoms with Crippen molar-refractivity contribution in [2.24, 2.45) is 11.7 Å². The van der Waals surface area contributed by atoms with Crippen LogP contribution >= 0.6 is 11.8 Å². The van der Waals surface area contributed by atoms with Crippen molar-refractivity contribution in [1.29, 1.82) is 0 Å². The van der Waals surface area contributed by atoms with Crippen LogP contribution in [0, 0.1) is 5.92 Å². The molecule has 0 amide bonds.